The van der Waals surface area contributed by atoms with E-state index in [9.17, 15) is 0 Å². The maximum Gasteiger partial charge on any atom is 0.0784 e. The maximum absolute atomic E-state index is 4.48. The van der Waals surface area contributed by atoms with Crippen LogP contribution in [0.15, 0.2) is 12.4 Å². The van der Waals surface area contributed by atoms with Gasteiger partial charge >= 0.3 is 0 Å². The summed E-state index contributed by atoms with van der Waals surface area (Å²) in [4.78, 5) is 11.3. The molecule has 1 N–H and O–H groups in total. The summed E-state index contributed by atoms with van der Waals surface area (Å²) in [5, 5.41) is 3.38. The molecule has 0 amide bonds. The van der Waals surface area contributed by atoms with E-state index in [1.165, 1.54) is 12.8 Å². The molecule has 1 aromatic heterocycles. The van der Waals surface area contributed by atoms with Crippen LogP contribution in [0.3, 0.4) is 0 Å². The SMILES string of the molecule is CNC1CCCN(C(C)c2nccnc2C)C1. The monoisotopic (exact) mass is 234 g/mol. The molecule has 1 aliphatic heterocycles. The lowest BCUT2D eigenvalue weighted by molar-refractivity contribution is 0.146. The molecule has 2 heterocycles. The highest BCUT2D eigenvalue weighted by Gasteiger charge is 2.24. The lowest BCUT2D eigenvalue weighted by atomic mass is 10.0. The molecule has 2 atom stereocenters. The van der Waals surface area contributed by atoms with Crippen molar-refractivity contribution in [1.29, 1.82) is 0 Å². The minimum absolute atomic E-state index is 0.361. The first-order valence-electron chi connectivity index (χ1n) is 6.41. The number of nitrogens with one attached hydrogen (secondary N) is 1. The van der Waals surface area contributed by atoms with Crippen molar-refractivity contribution in [3.05, 3.63) is 23.8 Å². The number of aromatic nitrogens is 2. The number of rotatable bonds is 3. The summed E-state index contributed by atoms with van der Waals surface area (Å²) in [6, 6.07) is 0.975. The second-order valence-electron chi connectivity index (χ2n) is 4.83. The summed E-state index contributed by atoms with van der Waals surface area (Å²) in [5.74, 6) is 0. The predicted molar refractivity (Wildman–Crippen MR) is 68.8 cm³/mol. The summed E-state index contributed by atoms with van der Waals surface area (Å²) in [6.45, 7) is 6.54. The highest BCUT2D eigenvalue weighted by atomic mass is 15.2. The summed E-state index contributed by atoms with van der Waals surface area (Å²) in [7, 11) is 2.05. The third-order valence-electron chi connectivity index (χ3n) is 3.72. The lowest BCUT2D eigenvalue weighted by Gasteiger charge is -2.36. The first kappa shape index (κ1) is 12.5. The first-order chi connectivity index (χ1) is 8.22. The average molecular weight is 234 g/mol. The zero-order valence-corrected chi connectivity index (χ0v) is 11.0. The van der Waals surface area contributed by atoms with Gasteiger partial charge in [0.25, 0.3) is 0 Å². The molecule has 1 aliphatic rings. The van der Waals surface area contributed by atoms with Crippen molar-refractivity contribution in [3.63, 3.8) is 0 Å². The molecule has 0 radical (unpaired) electrons. The molecule has 0 bridgehead atoms. The average Bonchev–Trinajstić information content (AvgIpc) is 2.38. The maximum atomic E-state index is 4.48. The van der Waals surface area contributed by atoms with E-state index in [1.54, 1.807) is 12.4 Å². The van der Waals surface area contributed by atoms with Gasteiger partial charge in [0.15, 0.2) is 0 Å². The summed E-state index contributed by atoms with van der Waals surface area (Å²) in [6.07, 6.45) is 6.09. The lowest BCUT2D eigenvalue weighted by Crippen LogP contribution is -2.45. The standard InChI is InChI=1S/C13H22N4/c1-10-13(16-7-6-15-10)11(2)17-8-4-5-12(9-17)14-3/h6-7,11-12,14H,4-5,8-9H2,1-3H3. The van der Waals surface area contributed by atoms with Crippen molar-refractivity contribution in [1.82, 2.24) is 20.2 Å². The minimum Gasteiger partial charge on any atom is -0.316 e. The third kappa shape index (κ3) is 2.82. The Morgan fingerprint density at radius 1 is 1.41 bits per heavy atom. The second kappa shape index (κ2) is 5.56. The predicted octanol–water partition coefficient (Wildman–Crippen LogP) is 1.53. The molecule has 2 rings (SSSR count). The summed E-state index contributed by atoms with van der Waals surface area (Å²) in [5.41, 5.74) is 2.16. The normalized spacial score (nSPS) is 23.6. The molecule has 1 fully saturated rings. The molecular weight excluding hydrogens is 212 g/mol. The fraction of sp³-hybridized carbons (Fsp3) is 0.692. The van der Waals surface area contributed by atoms with Crippen LogP contribution in [0.2, 0.25) is 0 Å². The number of piperidine rings is 1. The number of likely N-dealkylation sites (N-methyl/N-ethyl adjacent to an activating group) is 1. The second-order valence-corrected chi connectivity index (χ2v) is 4.83. The highest BCUT2D eigenvalue weighted by molar-refractivity contribution is 5.13. The van der Waals surface area contributed by atoms with Crippen molar-refractivity contribution in [2.75, 3.05) is 20.1 Å². The Balaban J connectivity index is 2.09. The number of likely N-dealkylation sites (tertiary alicyclic amines) is 1. The van der Waals surface area contributed by atoms with Gasteiger partial charge in [0.1, 0.15) is 0 Å². The van der Waals surface area contributed by atoms with Crippen LogP contribution in [0.1, 0.15) is 37.2 Å². The largest absolute Gasteiger partial charge is 0.316 e. The molecule has 0 aliphatic carbocycles. The Morgan fingerprint density at radius 3 is 2.88 bits per heavy atom. The van der Waals surface area contributed by atoms with Crippen LogP contribution in [0, 0.1) is 6.92 Å². The van der Waals surface area contributed by atoms with E-state index in [2.05, 4.69) is 27.1 Å². The molecule has 1 saturated heterocycles. The van der Waals surface area contributed by atoms with Gasteiger partial charge in [-0.2, -0.15) is 0 Å². The number of hydrogen-bond donors (Lipinski definition) is 1. The fourth-order valence-electron chi connectivity index (χ4n) is 2.60. The Bertz CT molecular complexity index is 366. The van der Waals surface area contributed by atoms with Crippen LogP contribution >= 0.6 is 0 Å². The van der Waals surface area contributed by atoms with Gasteiger partial charge in [-0.15, -0.1) is 0 Å². The fourth-order valence-corrected chi connectivity index (χ4v) is 2.60. The molecule has 94 valence electrons. The van der Waals surface area contributed by atoms with Gasteiger partial charge < -0.3 is 5.32 Å². The van der Waals surface area contributed by atoms with Gasteiger partial charge in [0.2, 0.25) is 0 Å². The van der Waals surface area contributed by atoms with Crippen molar-refractivity contribution in [2.45, 2.75) is 38.8 Å². The van der Waals surface area contributed by atoms with Gasteiger partial charge in [-0.1, -0.05) is 0 Å². The van der Waals surface area contributed by atoms with Crippen LogP contribution in [-0.2, 0) is 0 Å². The van der Waals surface area contributed by atoms with Gasteiger partial charge in [0, 0.05) is 25.0 Å². The Labute approximate surface area is 103 Å². The van der Waals surface area contributed by atoms with Gasteiger partial charge in [0.05, 0.1) is 17.4 Å². The van der Waals surface area contributed by atoms with Crippen molar-refractivity contribution >= 4 is 0 Å². The minimum atomic E-state index is 0.361. The van der Waals surface area contributed by atoms with E-state index in [0.717, 1.165) is 24.5 Å². The molecule has 17 heavy (non-hydrogen) atoms. The molecule has 0 spiro atoms. The smallest absolute Gasteiger partial charge is 0.0784 e. The van der Waals surface area contributed by atoms with Crippen LogP contribution in [0.5, 0.6) is 0 Å². The number of aryl methyl sites for hydroxylation is 1. The van der Waals surface area contributed by atoms with E-state index in [0.29, 0.717) is 12.1 Å². The van der Waals surface area contributed by atoms with Gasteiger partial charge in [-0.05, 0) is 40.3 Å². The molecule has 1 aromatic rings. The van der Waals surface area contributed by atoms with E-state index in [4.69, 9.17) is 0 Å². The topological polar surface area (TPSA) is 41.0 Å². The van der Waals surface area contributed by atoms with Crippen molar-refractivity contribution in [2.24, 2.45) is 0 Å². The third-order valence-corrected chi connectivity index (χ3v) is 3.72. The van der Waals surface area contributed by atoms with E-state index < -0.39 is 0 Å². The Morgan fingerprint density at radius 2 is 2.18 bits per heavy atom. The first-order valence-corrected chi connectivity index (χ1v) is 6.41. The zero-order valence-electron chi connectivity index (χ0n) is 11.0. The number of hydrogen-bond acceptors (Lipinski definition) is 4. The Kier molecular flexibility index (Phi) is 4.07. The number of nitrogens with zero attached hydrogens (tertiary/aromatic N) is 3. The van der Waals surface area contributed by atoms with Crippen LogP contribution < -0.4 is 5.32 Å². The molecule has 0 saturated carbocycles. The van der Waals surface area contributed by atoms with E-state index in [-0.39, 0.29) is 0 Å². The van der Waals surface area contributed by atoms with Gasteiger partial charge in [-0.3, -0.25) is 14.9 Å². The summed E-state index contributed by atoms with van der Waals surface area (Å²) >= 11 is 0. The van der Waals surface area contributed by atoms with Gasteiger partial charge in [-0.25, -0.2) is 0 Å². The quantitative estimate of drug-likeness (QED) is 0.861. The van der Waals surface area contributed by atoms with E-state index >= 15 is 0 Å². The Hall–Kier alpha value is -1.00. The molecular formula is C13H22N4. The highest BCUT2D eigenvalue weighted by Crippen LogP contribution is 2.23. The van der Waals surface area contributed by atoms with Crippen LogP contribution in [-0.4, -0.2) is 41.0 Å². The zero-order chi connectivity index (χ0) is 12.3. The van der Waals surface area contributed by atoms with Crippen molar-refractivity contribution in [3.8, 4) is 0 Å². The molecule has 4 nitrogen and oxygen atoms in total. The van der Waals surface area contributed by atoms with Crippen LogP contribution in [0.25, 0.3) is 0 Å². The van der Waals surface area contributed by atoms with Crippen LogP contribution in [0.4, 0.5) is 0 Å². The van der Waals surface area contributed by atoms with E-state index in [1.807, 2.05) is 14.0 Å². The van der Waals surface area contributed by atoms with Crippen molar-refractivity contribution < 1.29 is 0 Å². The molecule has 0 aromatic carbocycles. The molecule has 4 heteroatoms. The molecule has 2 unspecified atom stereocenters. The summed E-state index contributed by atoms with van der Waals surface area (Å²) < 4.78 is 0.